The molecular formula is C15H23FN4O2S. The van der Waals surface area contributed by atoms with Crippen LogP contribution in [0.2, 0.25) is 0 Å². The maximum absolute atomic E-state index is 14.3. The molecule has 2 heterocycles. The standard InChI is InChI=1S/C15H23FN4O2S/c1-3-13-14(16)15(18-10-17-13)20-8-6-11(7-9-20)19(2)23(21,22)12-4-5-12/h10-12H,3-9H2,1-2H3. The topological polar surface area (TPSA) is 66.4 Å². The Morgan fingerprint density at radius 2 is 1.91 bits per heavy atom. The summed E-state index contributed by atoms with van der Waals surface area (Å²) in [5, 5.41) is -0.183. The van der Waals surface area contributed by atoms with Gasteiger partial charge in [-0.25, -0.2) is 27.1 Å². The molecule has 0 bridgehead atoms. The van der Waals surface area contributed by atoms with Gasteiger partial charge in [0, 0.05) is 26.2 Å². The highest BCUT2D eigenvalue weighted by Crippen LogP contribution is 2.33. The summed E-state index contributed by atoms with van der Waals surface area (Å²) >= 11 is 0. The zero-order chi connectivity index (χ0) is 16.6. The zero-order valence-corrected chi connectivity index (χ0v) is 14.4. The lowest BCUT2D eigenvalue weighted by Gasteiger charge is -2.36. The zero-order valence-electron chi connectivity index (χ0n) is 13.6. The molecule has 0 N–H and O–H groups in total. The van der Waals surface area contributed by atoms with Crippen LogP contribution in [-0.2, 0) is 16.4 Å². The molecule has 128 valence electrons. The molecule has 0 unspecified atom stereocenters. The molecule has 1 aliphatic carbocycles. The Morgan fingerprint density at radius 3 is 2.48 bits per heavy atom. The first-order valence-corrected chi connectivity index (χ1v) is 9.66. The van der Waals surface area contributed by atoms with Crippen molar-refractivity contribution in [2.24, 2.45) is 0 Å². The van der Waals surface area contributed by atoms with Crippen LogP contribution in [0.5, 0.6) is 0 Å². The summed E-state index contributed by atoms with van der Waals surface area (Å²) in [7, 11) is -1.48. The van der Waals surface area contributed by atoms with Crippen LogP contribution in [0.15, 0.2) is 6.33 Å². The van der Waals surface area contributed by atoms with Crippen LogP contribution >= 0.6 is 0 Å². The predicted octanol–water partition coefficient (Wildman–Crippen LogP) is 1.57. The molecular weight excluding hydrogens is 319 g/mol. The van der Waals surface area contributed by atoms with E-state index in [2.05, 4.69) is 9.97 Å². The Kier molecular flexibility index (Phi) is 4.55. The van der Waals surface area contributed by atoms with Gasteiger partial charge >= 0.3 is 0 Å². The molecule has 2 aliphatic rings. The fraction of sp³-hybridized carbons (Fsp3) is 0.733. The van der Waals surface area contributed by atoms with Gasteiger partial charge in [0.1, 0.15) is 6.33 Å². The summed E-state index contributed by atoms with van der Waals surface area (Å²) in [5.41, 5.74) is 0.422. The predicted molar refractivity (Wildman–Crippen MR) is 86.3 cm³/mol. The van der Waals surface area contributed by atoms with Gasteiger partial charge < -0.3 is 4.90 Å². The number of rotatable bonds is 5. The van der Waals surface area contributed by atoms with E-state index in [0.717, 1.165) is 12.8 Å². The first-order chi connectivity index (χ1) is 10.9. The van der Waals surface area contributed by atoms with Crippen LogP contribution in [-0.4, -0.2) is 54.1 Å². The molecule has 23 heavy (non-hydrogen) atoms. The fourth-order valence-corrected chi connectivity index (χ4v) is 4.94. The lowest BCUT2D eigenvalue weighted by Crippen LogP contribution is -2.47. The van der Waals surface area contributed by atoms with E-state index in [0.29, 0.717) is 43.9 Å². The number of halogens is 1. The van der Waals surface area contributed by atoms with Crippen LogP contribution in [0.1, 0.15) is 38.3 Å². The molecule has 0 spiro atoms. The minimum absolute atomic E-state index is 0.00704. The number of piperidine rings is 1. The summed E-state index contributed by atoms with van der Waals surface area (Å²) in [6.45, 7) is 3.07. The van der Waals surface area contributed by atoms with Gasteiger partial charge in [-0.05, 0) is 32.1 Å². The number of anilines is 1. The van der Waals surface area contributed by atoms with Crippen molar-refractivity contribution in [2.75, 3.05) is 25.0 Å². The van der Waals surface area contributed by atoms with E-state index in [4.69, 9.17) is 0 Å². The molecule has 0 radical (unpaired) electrons. The highest BCUT2D eigenvalue weighted by atomic mass is 32.2. The van der Waals surface area contributed by atoms with Crippen molar-refractivity contribution in [3.8, 4) is 0 Å². The van der Waals surface area contributed by atoms with E-state index in [9.17, 15) is 12.8 Å². The molecule has 3 rings (SSSR count). The van der Waals surface area contributed by atoms with E-state index in [-0.39, 0.29) is 17.1 Å². The molecule has 1 aromatic rings. The number of hydrogen-bond donors (Lipinski definition) is 0. The molecule has 2 fully saturated rings. The molecule has 0 atom stereocenters. The van der Waals surface area contributed by atoms with Gasteiger partial charge in [0.25, 0.3) is 0 Å². The second-order valence-electron chi connectivity index (χ2n) is 6.29. The first kappa shape index (κ1) is 16.6. The molecule has 1 aliphatic heterocycles. The number of nitrogens with zero attached hydrogens (tertiary/aromatic N) is 4. The van der Waals surface area contributed by atoms with Gasteiger partial charge in [-0.15, -0.1) is 0 Å². The van der Waals surface area contributed by atoms with Crippen molar-refractivity contribution in [1.82, 2.24) is 14.3 Å². The van der Waals surface area contributed by atoms with Gasteiger partial charge in [-0.2, -0.15) is 0 Å². The minimum Gasteiger partial charge on any atom is -0.354 e. The fourth-order valence-electron chi connectivity index (χ4n) is 3.11. The van der Waals surface area contributed by atoms with E-state index >= 15 is 0 Å². The van der Waals surface area contributed by atoms with E-state index < -0.39 is 10.0 Å². The Labute approximate surface area is 136 Å². The minimum atomic E-state index is -3.15. The molecule has 0 amide bonds. The second-order valence-corrected chi connectivity index (χ2v) is 8.56. The van der Waals surface area contributed by atoms with Crippen LogP contribution < -0.4 is 4.90 Å². The van der Waals surface area contributed by atoms with Gasteiger partial charge in [0.05, 0.1) is 10.9 Å². The highest BCUT2D eigenvalue weighted by Gasteiger charge is 2.41. The van der Waals surface area contributed by atoms with Gasteiger partial charge in [-0.3, -0.25) is 0 Å². The van der Waals surface area contributed by atoms with Crippen LogP contribution in [0, 0.1) is 5.82 Å². The molecule has 1 saturated carbocycles. The van der Waals surface area contributed by atoms with Crippen molar-refractivity contribution < 1.29 is 12.8 Å². The Balaban J connectivity index is 1.67. The van der Waals surface area contributed by atoms with Crippen molar-refractivity contribution in [1.29, 1.82) is 0 Å². The smallest absolute Gasteiger partial charge is 0.216 e. The molecule has 6 nitrogen and oxygen atoms in total. The average Bonchev–Trinajstić information content (AvgIpc) is 3.40. The number of hydrogen-bond acceptors (Lipinski definition) is 5. The van der Waals surface area contributed by atoms with Crippen molar-refractivity contribution >= 4 is 15.8 Å². The van der Waals surface area contributed by atoms with E-state index in [1.54, 1.807) is 7.05 Å². The summed E-state index contributed by atoms with van der Waals surface area (Å²) in [6.07, 6.45) is 4.85. The average molecular weight is 342 g/mol. The first-order valence-electron chi connectivity index (χ1n) is 8.16. The summed E-state index contributed by atoms with van der Waals surface area (Å²) in [4.78, 5) is 9.92. The molecule has 8 heteroatoms. The Morgan fingerprint density at radius 1 is 1.26 bits per heavy atom. The third kappa shape index (κ3) is 3.19. The monoisotopic (exact) mass is 342 g/mol. The van der Waals surface area contributed by atoms with Gasteiger partial charge in [-0.1, -0.05) is 6.92 Å². The highest BCUT2D eigenvalue weighted by molar-refractivity contribution is 7.90. The van der Waals surface area contributed by atoms with E-state index in [1.807, 2.05) is 11.8 Å². The maximum atomic E-state index is 14.3. The third-order valence-electron chi connectivity index (χ3n) is 4.80. The maximum Gasteiger partial charge on any atom is 0.216 e. The van der Waals surface area contributed by atoms with Gasteiger partial charge in [0.2, 0.25) is 10.0 Å². The molecule has 0 aromatic carbocycles. The van der Waals surface area contributed by atoms with Crippen molar-refractivity contribution in [2.45, 2.75) is 50.3 Å². The van der Waals surface area contributed by atoms with Crippen LogP contribution in [0.3, 0.4) is 0 Å². The van der Waals surface area contributed by atoms with Gasteiger partial charge in [0.15, 0.2) is 11.6 Å². The molecule has 1 saturated heterocycles. The summed E-state index contributed by atoms with van der Waals surface area (Å²) in [6, 6.07) is -0.00704. The normalized spacial score (nSPS) is 20.3. The number of aromatic nitrogens is 2. The lowest BCUT2D eigenvalue weighted by molar-refractivity contribution is 0.310. The molecule has 1 aromatic heterocycles. The number of aryl methyl sites for hydroxylation is 1. The second kappa shape index (κ2) is 6.32. The third-order valence-corrected chi connectivity index (χ3v) is 7.22. The Hall–Kier alpha value is -1.28. The quantitative estimate of drug-likeness (QED) is 0.813. The van der Waals surface area contributed by atoms with Crippen molar-refractivity contribution in [3.63, 3.8) is 0 Å². The SMILES string of the molecule is CCc1ncnc(N2CCC(N(C)S(=O)(=O)C3CC3)CC2)c1F. The van der Waals surface area contributed by atoms with E-state index in [1.165, 1.54) is 10.6 Å². The van der Waals surface area contributed by atoms with Crippen LogP contribution in [0.25, 0.3) is 0 Å². The Bertz CT molecular complexity index is 670. The lowest BCUT2D eigenvalue weighted by atomic mass is 10.1. The van der Waals surface area contributed by atoms with Crippen molar-refractivity contribution in [3.05, 3.63) is 17.8 Å². The largest absolute Gasteiger partial charge is 0.354 e. The summed E-state index contributed by atoms with van der Waals surface area (Å²) in [5.74, 6) is -0.0181. The van der Waals surface area contributed by atoms with Crippen LogP contribution in [0.4, 0.5) is 10.2 Å². The number of sulfonamides is 1. The summed E-state index contributed by atoms with van der Waals surface area (Å²) < 4.78 is 40.5.